The van der Waals surface area contributed by atoms with Crippen molar-refractivity contribution in [2.75, 3.05) is 39.3 Å². The van der Waals surface area contributed by atoms with E-state index >= 15 is 0 Å². The number of halogens is 2. The summed E-state index contributed by atoms with van der Waals surface area (Å²) in [5.74, 6) is -1.49. The van der Waals surface area contributed by atoms with E-state index in [-0.39, 0.29) is 29.3 Å². The van der Waals surface area contributed by atoms with Crippen molar-refractivity contribution in [2.24, 2.45) is 0 Å². The van der Waals surface area contributed by atoms with Crippen LogP contribution in [0.1, 0.15) is 12.0 Å². The standard InChI is InChI=1S/C26H29F2N7O3/c27-21-2-4-23(24(28)15-21)26(36,17-34-19-29-18-30-34)16-32-12-10-31(11-13-32)7-1-8-33-9-6-20-14-22(35(37)38)3-5-25(20)33/h2-6,9,14-15,18-19,36H,1,7-8,10-13,16-17H2. The van der Waals surface area contributed by atoms with Gasteiger partial charge < -0.3 is 14.6 Å². The second-order valence-electron chi connectivity index (χ2n) is 9.73. The molecule has 1 unspecified atom stereocenters. The smallest absolute Gasteiger partial charge is 0.270 e. The molecule has 0 bridgehead atoms. The topological polar surface area (TPSA) is 105 Å². The van der Waals surface area contributed by atoms with E-state index in [1.165, 1.54) is 29.5 Å². The number of β-amino-alcohol motifs (C(OH)–C–C–N with tert-alkyl or cyclic N) is 1. The number of non-ortho nitro benzene ring substituents is 1. The largest absolute Gasteiger partial charge is 0.382 e. The summed E-state index contributed by atoms with van der Waals surface area (Å²) in [6, 6.07) is 10.0. The Morgan fingerprint density at radius 1 is 1.00 bits per heavy atom. The van der Waals surface area contributed by atoms with Crippen molar-refractivity contribution in [2.45, 2.75) is 25.1 Å². The van der Waals surface area contributed by atoms with Crippen molar-refractivity contribution in [1.82, 2.24) is 29.1 Å². The Morgan fingerprint density at radius 2 is 1.79 bits per heavy atom. The van der Waals surface area contributed by atoms with Gasteiger partial charge in [0.2, 0.25) is 0 Å². The van der Waals surface area contributed by atoms with Crippen LogP contribution in [0, 0.1) is 21.7 Å². The third-order valence-electron chi connectivity index (χ3n) is 7.11. The number of rotatable bonds is 10. The van der Waals surface area contributed by atoms with Crippen LogP contribution in [0.4, 0.5) is 14.5 Å². The Labute approximate surface area is 217 Å². The predicted molar refractivity (Wildman–Crippen MR) is 136 cm³/mol. The molecule has 0 aliphatic carbocycles. The first-order valence-electron chi connectivity index (χ1n) is 12.5. The lowest BCUT2D eigenvalue weighted by Gasteiger charge is -2.39. The minimum Gasteiger partial charge on any atom is -0.382 e. The number of nitrogens with zero attached hydrogens (tertiary/aromatic N) is 7. The molecule has 4 aromatic rings. The van der Waals surface area contributed by atoms with Gasteiger partial charge in [-0.3, -0.25) is 15.0 Å². The van der Waals surface area contributed by atoms with Gasteiger partial charge in [-0.1, -0.05) is 6.07 Å². The number of hydrogen-bond donors (Lipinski definition) is 1. The van der Waals surface area contributed by atoms with Gasteiger partial charge in [-0.15, -0.1) is 0 Å². The molecule has 1 aliphatic heterocycles. The van der Waals surface area contributed by atoms with Gasteiger partial charge in [0.15, 0.2) is 0 Å². The van der Waals surface area contributed by atoms with Gasteiger partial charge in [-0.05, 0) is 31.2 Å². The summed E-state index contributed by atoms with van der Waals surface area (Å²) < 4.78 is 31.8. The average Bonchev–Trinajstić information content (AvgIpc) is 3.54. The number of aromatic nitrogens is 4. The van der Waals surface area contributed by atoms with Crippen LogP contribution < -0.4 is 0 Å². The summed E-state index contributed by atoms with van der Waals surface area (Å²) in [5, 5.41) is 27.5. The molecule has 0 radical (unpaired) electrons. The molecule has 12 heteroatoms. The fraction of sp³-hybridized carbons (Fsp3) is 0.385. The van der Waals surface area contributed by atoms with Crippen molar-refractivity contribution < 1.29 is 18.8 Å². The highest BCUT2D eigenvalue weighted by Gasteiger charge is 2.36. The summed E-state index contributed by atoms with van der Waals surface area (Å²) in [4.78, 5) is 19.0. The fourth-order valence-corrected chi connectivity index (χ4v) is 5.17. The third kappa shape index (κ3) is 5.72. The molecule has 1 fully saturated rings. The van der Waals surface area contributed by atoms with Crippen molar-refractivity contribution >= 4 is 16.6 Å². The highest BCUT2D eigenvalue weighted by atomic mass is 19.1. The third-order valence-corrected chi connectivity index (χ3v) is 7.11. The van der Waals surface area contributed by atoms with Crippen molar-refractivity contribution in [3.8, 4) is 0 Å². The first-order valence-corrected chi connectivity index (χ1v) is 12.5. The summed E-state index contributed by atoms with van der Waals surface area (Å²) in [7, 11) is 0. The summed E-state index contributed by atoms with van der Waals surface area (Å²) in [6.07, 6.45) is 5.68. The van der Waals surface area contributed by atoms with Crippen LogP contribution in [0.2, 0.25) is 0 Å². The molecule has 0 saturated carbocycles. The van der Waals surface area contributed by atoms with Crippen LogP contribution in [0.3, 0.4) is 0 Å². The second kappa shape index (κ2) is 10.9. The molecule has 10 nitrogen and oxygen atoms in total. The molecule has 2 aromatic carbocycles. The fourth-order valence-electron chi connectivity index (χ4n) is 5.17. The van der Waals surface area contributed by atoms with Crippen LogP contribution in [0.15, 0.2) is 61.3 Å². The van der Waals surface area contributed by atoms with Gasteiger partial charge in [-0.25, -0.2) is 18.4 Å². The van der Waals surface area contributed by atoms with E-state index in [1.54, 1.807) is 12.1 Å². The first kappa shape index (κ1) is 25.9. The molecule has 0 spiro atoms. The highest BCUT2D eigenvalue weighted by Crippen LogP contribution is 2.28. The Morgan fingerprint density at radius 3 is 2.50 bits per heavy atom. The van der Waals surface area contributed by atoms with E-state index < -0.39 is 17.2 Å². The number of piperazine rings is 1. The Bertz CT molecular complexity index is 1400. The lowest BCUT2D eigenvalue weighted by atomic mass is 9.92. The summed E-state index contributed by atoms with van der Waals surface area (Å²) >= 11 is 0. The van der Waals surface area contributed by atoms with Gasteiger partial charge in [-0.2, -0.15) is 5.10 Å². The molecule has 1 aliphatic rings. The molecular formula is C26H29F2N7O3. The Kier molecular flexibility index (Phi) is 7.45. The van der Waals surface area contributed by atoms with E-state index in [4.69, 9.17) is 0 Å². The van der Waals surface area contributed by atoms with E-state index in [1.807, 2.05) is 12.3 Å². The van der Waals surface area contributed by atoms with Crippen molar-refractivity contribution in [3.63, 3.8) is 0 Å². The molecule has 1 atom stereocenters. The zero-order valence-corrected chi connectivity index (χ0v) is 20.8. The van der Waals surface area contributed by atoms with Gasteiger partial charge in [0.1, 0.15) is 29.9 Å². The molecule has 3 heterocycles. The molecule has 5 rings (SSSR count). The summed E-state index contributed by atoms with van der Waals surface area (Å²) in [5.41, 5.74) is -0.525. The van der Waals surface area contributed by atoms with Gasteiger partial charge in [0, 0.05) is 80.1 Å². The van der Waals surface area contributed by atoms with Crippen LogP contribution in [0.25, 0.3) is 10.9 Å². The minimum absolute atomic E-state index is 0.0102. The highest BCUT2D eigenvalue weighted by molar-refractivity contribution is 5.82. The minimum atomic E-state index is -1.61. The molecular weight excluding hydrogens is 496 g/mol. The Hall–Kier alpha value is -3.74. The first-order chi connectivity index (χ1) is 18.3. The van der Waals surface area contributed by atoms with Gasteiger partial charge >= 0.3 is 0 Å². The molecule has 0 amide bonds. The van der Waals surface area contributed by atoms with E-state index in [9.17, 15) is 24.0 Å². The van der Waals surface area contributed by atoms with Crippen LogP contribution in [-0.2, 0) is 18.7 Å². The second-order valence-corrected chi connectivity index (χ2v) is 9.73. The molecule has 1 saturated heterocycles. The van der Waals surface area contributed by atoms with E-state index in [0.717, 1.165) is 55.6 Å². The molecule has 38 heavy (non-hydrogen) atoms. The molecule has 200 valence electrons. The van der Waals surface area contributed by atoms with Gasteiger partial charge in [0.05, 0.1) is 11.5 Å². The number of aliphatic hydroxyl groups is 1. The zero-order valence-electron chi connectivity index (χ0n) is 20.8. The zero-order chi connectivity index (χ0) is 26.7. The SMILES string of the molecule is O=[N+]([O-])c1ccc2c(ccn2CCCN2CCN(CC(O)(Cn3cncn3)c3ccc(F)cc3F)CC2)c1. The van der Waals surface area contributed by atoms with Crippen LogP contribution in [-0.4, -0.2) is 78.4 Å². The van der Waals surface area contributed by atoms with Crippen molar-refractivity contribution in [1.29, 1.82) is 0 Å². The Balaban J connectivity index is 1.16. The summed E-state index contributed by atoms with van der Waals surface area (Å²) in [6.45, 7) is 4.82. The number of nitro groups is 1. The maximum atomic E-state index is 14.7. The normalized spacial score (nSPS) is 16.6. The average molecular weight is 526 g/mol. The van der Waals surface area contributed by atoms with Crippen LogP contribution in [0.5, 0.6) is 0 Å². The molecule has 2 aromatic heterocycles. The van der Waals surface area contributed by atoms with E-state index in [0.29, 0.717) is 13.1 Å². The monoisotopic (exact) mass is 525 g/mol. The number of nitro benzene ring substituents is 1. The maximum Gasteiger partial charge on any atom is 0.270 e. The predicted octanol–water partition coefficient (Wildman–Crippen LogP) is 3.01. The molecule has 1 N–H and O–H groups in total. The van der Waals surface area contributed by atoms with E-state index in [2.05, 4.69) is 24.4 Å². The maximum absolute atomic E-state index is 14.7. The number of hydrogen-bond acceptors (Lipinski definition) is 7. The number of fused-ring (bicyclic) bond motifs is 1. The van der Waals surface area contributed by atoms with Crippen molar-refractivity contribution in [3.05, 3.63) is 88.6 Å². The van der Waals surface area contributed by atoms with Crippen LogP contribution >= 0.6 is 0 Å². The lowest BCUT2D eigenvalue weighted by Crippen LogP contribution is -2.52. The quantitative estimate of drug-likeness (QED) is 0.251. The number of aryl methyl sites for hydroxylation is 1. The number of benzene rings is 2. The van der Waals surface area contributed by atoms with Gasteiger partial charge in [0.25, 0.3) is 5.69 Å². The lowest BCUT2D eigenvalue weighted by molar-refractivity contribution is -0.384.